The van der Waals surface area contributed by atoms with Crippen molar-refractivity contribution >= 4 is 0 Å². The summed E-state index contributed by atoms with van der Waals surface area (Å²) in [5.41, 5.74) is 1.41. The van der Waals surface area contributed by atoms with Gasteiger partial charge < -0.3 is 5.32 Å². The maximum atomic E-state index is 3.67. The van der Waals surface area contributed by atoms with E-state index in [4.69, 9.17) is 0 Å². The zero-order valence-electron chi connectivity index (χ0n) is 12.6. The van der Waals surface area contributed by atoms with Gasteiger partial charge in [0, 0.05) is 18.1 Å². The topological polar surface area (TPSA) is 15.3 Å². The number of nitrogens with one attached hydrogen (secondary N) is 1. The Kier molecular flexibility index (Phi) is 5.41. The predicted molar refractivity (Wildman–Crippen MR) is 82.3 cm³/mol. The summed E-state index contributed by atoms with van der Waals surface area (Å²) in [6, 6.07) is 12.6. The van der Waals surface area contributed by atoms with E-state index in [2.05, 4.69) is 61.3 Å². The van der Waals surface area contributed by atoms with E-state index in [0.29, 0.717) is 18.1 Å². The van der Waals surface area contributed by atoms with E-state index in [-0.39, 0.29) is 0 Å². The van der Waals surface area contributed by atoms with Gasteiger partial charge in [-0.1, -0.05) is 43.7 Å². The number of hydrogen-bond donors (Lipinski definition) is 1. The molecule has 3 unspecified atom stereocenters. The van der Waals surface area contributed by atoms with E-state index in [0.717, 1.165) is 6.54 Å². The first-order chi connectivity index (χ1) is 9.24. The predicted octanol–water partition coefficient (Wildman–Crippen LogP) is 3.60. The number of likely N-dealkylation sites (tertiary alicyclic amines) is 1. The molecule has 3 atom stereocenters. The maximum Gasteiger partial charge on any atom is 0.0475 e. The van der Waals surface area contributed by atoms with E-state index in [1.807, 2.05) is 0 Å². The van der Waals surface area contributed by atoms with Crippen LogP contribution in [-0.2, 0) is 0 Å². The standard InChI is InChI=1S/C17H28N2/c1-4-18-17(16-11-6-5-7-12-16)15(3)19-13-9-8-10-14(19)2/h5-7,11-12,14-15,17-18H,4,8-10,13H2,1-3H3. The van der Waals surface area contributed by atoms with Gasteiger partial charge in [-0.2, -0.15) is 0 Å². The lowest BCUT2D eigenvalue weighted by Crippen LogP contribution is -2.49. The lowest BCUT2D eigenvalue weighted by molar-refractivity contribution is 0.0908. The van der Waals surface area contributed by atoms with Crippen molar-refractivity contribution in [1.82, 2.24) is 10.2 Å². The van der Waals surface area contributed by atoms with Crippen molar-refractivity contribution in [3.05, 3.63) is 35.9 Å². The van der Waals surface area contributed by atoms with Crippen molar-refractivity contribution in [2.45, 2.75) is 58.2 Å². The van der Waals surface area contributed by atoms with Crippen LogP contribution in [0, 0.1) is 0 Å². The van der Waals surface area contributed by atoms with Crippen LogP contribution in [0.1, 0.15) is 51.6 Å². The van der Waals surface area contributed by atoms with Crippen LogP contribution >= 0.6 is 0 Å². The summed E-state index contributed by atoms with van der Waals surface area (Å²) < 4.78 is 0. The van der Waals surface area contributed by atoms with Gasteiger partial charge in [0.1, 0.15) is 0 Å². The Morgan fingerprint density at radius 2 is 2.00 bits per heavy atom. The average Bonchev–Trinajstić information content (AvgIpc) is 2.45. The highest BCUT2D eigenvalue weighted by molar-refractivity contribution is 5.20. The van der Waals surface area contributed by atoms with Crippen LogP contribution in [0.2, 0.25) is 0 Å². The largest absolute Gasteiger partial charge is 0.309 e. The zero-order valence-corrected chi connectivity index (χ0v) is 12.6. The Morgan fingerprint density at radius 1 is 1.26 bits per heavy atom. The fourth-order valence-corrected chi connectivity index (χ4v) is 3.36. The van der Waals surface area contributed by atoms with Gasteiger partial charge in [0.2, 0.25) is 0 Å². The number of hydrogen-bond acceptors (Lipinski definition) is 2. The smallest absolute Gasteiger partial charge is 0.0475 e. The van der Waals surface area contributed by atoms with Gasteiger partial charge in [-0.25, -0.2) is 0 Å². The fraction of sp³-hybridized carbons (Fsp3) is 0.647. The Balaban J connectivity index is 2.14. The van der Waals surface area contributed by atoms with E-state index in [9.17, 15) is 0 Å². The third kappa shape index (κ3) is 3.58. The van der Waals surface area contributed by atoms with Crippen molar-refractivity contribution in [1.29, 1.82) is 0 Å². The van der Waals surface area contributed by atoms with E-state index in [1.54, 1.807) is 0 Å². The number of piperidine rings is 1. The molecule has 0 bridgehead atoms. The summed E-state index contributed by atoms with van der Waals surface area (Å²) in [5, 5.41) is 3.67. The van der Waals surface area contributed by atoms with Crippen LogP contribution in [0.25, 0.3) is 0 Å². The molecule has 0 aromatic heterocycles. The summed E-state index contributed by atoms with van der Waals surface area (Å²) >= 11 is 0. The molecular formula is C17H28N2. The molecule has 1 fully saturated rings. The summed E-state index contributed by atoms with van der Waals surface area (Å²) in [6.45, 7) is 9.22. The van der Waals surface area contributed by atoms with Crippen LogP contribution in [0.4, 0.5) is 0 Å². The van der Waals surface area contributed by atoms with Crippen LogP contribution in [0.5, 0.6) is 0 Å². The molecule has 1 N–H and O–H groups in total. The average molecular weight is 260 g/mol. The molecule has 19 heavy (non-hydrogen) atoms. The maximum absolute atomic E-state index is 3.67. The first-order valence-corrected chi connectivity index (χ1v) is 7.78. The van der Waals surface area contributed by atoms with Gasteiger partial charge in [-0.15, -0.1) is 0 Å². The fourth-order valence-electron chi connectivity index (χ4n) is 3.36. The third-order valence-electron chi connectivity index (χ3n) is 4.44. The molecule has 1 aliphatic rings. The van der Waals surface area contributed by atoms with Crippen molar-refractivity contribution in [2.75, 3.05) is 13.1 Å². The molecule has 0 amide bonds. The SMILES string of the molecule is CCNC(c1ccccc1)C(C)N1CCCCC1C. The molecule has 0 spiro atoms. The highest BCUT2D eigenvalue weighted by atomic mass is 15.2. The minimum Gasteiger partial charge on any atom is -0.309 e. The molecule has 0 aliphatic carbocycles. The molecule has 106 valence electrons. The summed E-state index contributed by atoms with van der Waals surface area (Å²) in [7, 11) is 0. The Hall–Kier alpha value is -0.860. The van der Waals surface area contributed by atoms with Gasteiger partial charge in [0.25, 0.3) is 0 Å². The van der Waals surface area contributed by atoms with Crippen LogP contribution in [0.15, 0.2) is 30.3 Å². The first kappa shape index (κ1) is 14.5. The van der Waals surface area contributed by atoms with Crippen molar-refractivity contribution < 1.29 is 0 Å². The zero-order chi connectivity index (χ0) is 13.7. The normalized spacial score (nSPS) is 24.1. The van der Waals surface area contributed by atoms with E-state index < -0.39 is 0 Å². The second kappa shape index (κ2) is 7.06. The van der Waals surface area contributed by atoms with Gasteiger partial charge >= 0.3 is 0 Å². The monoisotopic (exact) mass is 260 g/mol. The Bertz CT molecular complexity index is 363. The van der Waals surface area contributed by atoms with Crippen molar-refractivity contribution in [3.63, 3.8) is 0 Å². The minimum atomic E-state index is 0.437. The Morgan fingerprint density at radius 3 is 2.63 bits per heavy atom. The van der Waals surface area contributed by atoms with Gasteiger partial charge in [-0.05, 0) is 45.3 Å². The molecule has 0 saturated carbocycles. The summed E-state index contributed by atoms with van der Waals surface area (Å²) in [4.78, 5) is 2.68. The van der Waals surface area contributed by atoms with Crippen LogP contribution < -0.4 is 5.32 Å². The van der Waals surface area contributed by atoms with Gasteiger partial charge in [0.15, 0.2) is 0 Å². The van der Waals surface area contributed by atoms with Crippen LogP contribution in [0.3, 0.4) is 0 Å². The molecule has 2 nitrogen and oxygen atoms in total. The van der Waals surface area contributed by atoms with Crippen molar-refractivity contribution in [3.8, 4) is 0 Å². The molecule has 2 heteroatoms. The molecule has 1 aromatic rings. The molecule has 2 rings (SSSR count). The minimum absolute atomic E-state index is 0.437. The number of nitrogens with zero attached hydrogens (tertiary/aromatic N) is 1. The lowest BCUT2D eigenvalue weighted by atomic mass is 9.94. The number of likely N-dealkylation sites (N-methyl/N-ethyl adjacent to an activating group) is 1. The summed E-state index contributed by atoms with van der Waals surface area (Å²) in [6.07, 6.45) is 4.09. The number of benzene rings is 1. The molecule has 1 aromatic carbocycles. The third-order valence-corrected chi connectivity index (χ3v) is 4.44. The number of rotatable bonds is 5. The second-order valence-corrected chi connectivity index (χ2v) is 5.77. The lowest BCUT2D eigenvalue weighted by Gasteiger charge is -2.42. The molecule has 0 radical (unpaired) electrons. The quantitative estimate of drug-likeness (QED) is 0.870. The van der Waals surface area contributed by atoms with Gasteiger partial charge in [-0.3, -0.25) is 4.90 Å². The van der Waals surface area contributed by atoms with Gasteiger partial charge in [0.05, 0.1) is 0 Å². The van der Waals surface area contributed by atoms with E-state index >= 15 is 0 Å². The van der Waals surface area contributed by atoms with Crippen molar-refractivity contribution in [2.24, 2.45) is 0 Å². The molecule has 1 heterocycles. The highest BCUT2D eigenvalue weighted by Gasteiger charge is 2.29. The molecular weight excluding hydrogens is 232 g/mol. The van der Waals surface area contributed by atoms with E-state index in [1.165, 1.54) is 31.4 Å². The molecule has 1 saturated heterocycles. The first-order valence-electron chi connectivity index (χ1n) is 7.78. The molecule has 1 aliphatic heterocycles. The summed E-state index contributed by atoms with van der Waals surface area (Å²) in [5.74, 6) is 0. The second-order valence-electron chi connectivity index (χ2n) is 5.77. The highest BCUT2D eigenvalue weighted by Crippen LogP contribution is 2.26. The Labute approximate surface area is 118 Å². The van der Waals surface area contributed by atoms with Crippen LogP contribution in [-0.4, -0.2) is 30.1 Å².